The lowest BCUT2D eigenvalue weighted by atomic mass is 9.33. The van der Waals surface area contributed by atoms with Crippen LogP contribution in [0.15, 0.2) is 127 Å². The van der Waals surface area contributed by atoms with Crippen LogP contribution < -0.4 is 36.6 Å². The predicted molar refractivity (Wildman–Crippen MR) is 203 cm³/mol. The zero-order valence-electron chi connectivity index (χ0n) is 27.6. The van der Waals surface area contributed by atoms with E-state index in [1.165, 1.54) is 83.1 Å². The van der Waals surface area contributed by atoms with Crippen molar-refractivity contribution in [3.05, 3.63) is 150 Å². The number of aryl methyl sites for hydroxylation is 4. The average molecular weight is 611 g/mol. The summed E-state index contributed by atoms with van der Waals surface area (Å²) in [4.78, 5) is 5.08. The van der Waals surface area contributed by atoms with Gasteiger partial charge in [-0.25, -0.2) is 0 Å². The molecule has 0 aliphatic carbocycles. The van der Waals surface area contributed by atoms with Crippen LogP contribution in [0.2, 0.25) is 13.1 Å². The molecule has 6 aromatic carbocycles. The molecule has 0 saturated carbocycles. The van der Waals surface area contributed by atoms with Gasteiger partial charge >= 0.3 is 0 Å². The van der Waals surface area contributed by atoms with Gasteiger partial charge in [-0.15, -0.1) is 0 Å². The Morgan fingerprint density at radius 1 is 0.435 bits per heavy atom. The number of benzene rings is 6. The maximum Gasteiger partial charge on any atom is 0.252 e. The monoisotopic (exact) mass is 610 g/mol. The van der Waals surface area contributed by atoms with Crippen molar-refractivity contribution in [1.29, 1.82) is 0 Å². The fourth-order valence-electron chi connectivity index (χ4n) is 7.57. The molecule has 224 valence electrons. The summed E-state index contributed by atoms with van der Waals surface area (Å²) in [7, 11) is -2.09. The lowest BCUT2D eigenvalue weighted by Gasteiger charge is -2.45. The van der Waals surface area contributed by atoms with E-state index in [9.17, 15) is 0 Å². The minimum absolute atomic E-state index is 0.133. The van der Waals surface area contributed by atoms with Crippen molar-refractivity contribution in [2.45, 2.75) is 40.8 Å². The zero-order valence-corrected chi connectivity index (χ0v) is 28.6. The van der Waals surface area contributed by atoms with E-state index >= 15 is 0 Å². The summed E-state index contributed by atoms with van der Waals surface area (Å²) in [6, 6.07) is 48.5. The van der Waals surface area contributed by atoms with E-state index in [0.717, 1.165) is 0 Å². The Morgan fingerprint density at radius 2 is 0.870 bits per heavy atom. The van der Waals surface area contributed by atoms with Gasteiger partial charge in [0.2, 0.25) is 0 Å². The topological polar surface area (TPSA) is 6.48 Å². The van der Waals surface area contributed by atoms with Crippen LogP contribution in [0.25, 0.3) is 0 Å². The molecule has 0 N–H and O–H groups in total. The van der Waals surface area contributed by atoms with Gasteiger partial charge in [-0.1, -0.05) is 125 Å². The molecule has 2 aliphatic rings. The molecular formula is C42H39BN2Si. The molecule has 8 rings (SSSR count). The first-order valence-corrected chi connectivity index (χ1v) is 19.4. The fraction of sp³-hybridized carbons (Fsp3) is 0.143. The highest BCUT2D eigenvalue weighted by Crippen LogP contribution is 2.44. The lowest BCUT2D eigenvalue weighted by molar-refractivity contribution is 1.24. The Kier molecular flexibility index (Phi) is 6.63. The number of hydrogen-bond acceptors (Lipinski definition) is 2. The van der Waals surface area contributed by atoms with E-state index in [0.29, 0.717) is 0 Å². The van der Waals surface area contributed by atoms with Gasteiger partial charge in [0.15, 0.2) is 0 Å². The highest BCUT2D eigenvalue weighted by atomic mass is 28.3. The third-order valence-corrected chi connectivity index (χ3v) is 13.7. The van der Waals surface area contributed by atoms with Gasteiger partial charge in [0, 0.05) is 34.1 Å². The summed E-state index contributed by atoms with van der Waals surface area (Å²) in [5, 5.41) is 2.88. The second-order valence-electron chi connectivity index (χ2n) is 13.8. The molecule has 2 aliphatic heterocycles. The summed E-state index contributed by atoms with van der Waals surface area (Å²) in [6.45, 7) is 13.9. The smallest absolute Gasteiger partial charge is 0.252 e. The van der Waals surface area contributed by atoms with Gasteiger partial charge in [-0.05, 0) is 92.6 Å². The van der Waals surface area contributed by atoms with Crippen molar-refractivity contribution in [2.24, 2.45) is 0 Å². The van der Waals surface area contributed by atoms with Crippen LogP contribution in [-0.2, 0) is 0 Å². The van der Waals surface area contributed by atoms with Gasteiger partial charge in [0.1, 0.15) is 8.07 Å². The summed E-state index contributed by atoms with van der Waals surface area (Å²) in [5.41, 5.74) is 16.8. The molecule has 0 unspecified atom stereocenters. The van der Waals surface area contributed by atoms with Crippen LogP contribution in [-0.4, -0.2) is 14.8 Å². The van der Waals surface area contributed by atoms with Crippen molar-refractivity contribution in [2.75, 3.05) is 9.80 Å². The minimum Gasteiger partial charge on any atom is -0.311 e. The third-order valence-electron chi connectivity index (χ3n) is 10.2. The normalized spacial score (nSPS) is 13.3. The Morgan fingerprint density at radius 3 is 1.33 bits per heavy atom. The summed E-state index contributed by atoms with van der Waals surface area (Å²) < 4.78 is 0. The number of nitrogens with zero attached hydrogens (tertiary/aromatic N) is 2. The van der Waals surface area contributed by atoms with Gasteiger partial charge in [0.05, 0.1) is 0 Å². The van der Waals surface area contributed by atoms with Gasteiger partial charge < -0.3 is 9.80 Å². The predicted octanol–water partition coefficient (Wildman–Crippen LogP) is 7.83. The van der Waals surface area contributed by atoms with Crippen molar-refractivity contribution in [3.63, 3.8) is 0 Å². The number of fused-ring (bicyclic) bond motifs is 4. The second-order valence-corrected chi connectivity index (χ2v) is 18.2. The zero-order chi connectivity index (χ0) is 31.7. The van der Waals surface area contributed by atoms with Crippen LogP contribution in [0.4, 0.5) is 34.1 Å². The Balaban J connectivity index is 1.51. The van der Waals surface area contributed by atoms with E-state index in [2.05, 4.69) is 178 Å². The quantitative estimate of drug-likeness (QED) is 0.188. The maximum absolute atomic E-state index is 2.54. The lowest BCUT2D eigenvalue weighted by Crippen LogP contribution is -2.63. The first kappa shape index (κ1) is 28.7. The first-order chi connectivity index (χ1) is 22.2. The molecule has 6 aromatic rings. The van der Waals surface area contributed by atoms with Gasteiger partial charge in [-0.3, -0.25) is 0 Å². The van der Waals surface area contributed by atoms with E-state index < -0.39 is 8.07 Å². The Bertz CT molecular complexity index is 1990. The molecule has 0 aromatic heterocycles. The molecule has 46 heavy (non-hydrogen) atoms. The van der Waals surface area contributed by atoms with E-state index in [4.69, 9.17) is 0 Å². The second kappa shape index (κ2) is 10.6. The SMILES string of the molecule is Cc1ccc(N2c3ccc(C)cc3B3c4cc(C)ccc4N(c4ccc(C)cc4)c4cc([Si](C)(C)c5ccccc5)cc2c43)cc1. The van der Waals surface area contributed by atoms with Crippen LogP contribution in [0.1, 0.15) is 22.3 Å². The third kappa shape index (κ3) is 4.46. The van der Waals surface area contributed by atoms with E-state index in [-0.39, 0.29) is 6.71 Å². The number of anilines is 6. The minimum atomic E-state index is -2.09. The summed E-state index contributed by atoms with van der Waals surface area (Å²) >= 11 is 0. The molecule has 0 bridgehead atoms. The molecule has 0 fully saturated rings. The molecule has 0 atom stereocenters. The molecule has 0 radical (unpaired) electrons. The summed E-state index contributed by atoms with van der Waals surface area (Å²) in [6.07, 6.45) is 0. The molecular weight excluding hydrogens is 571 g/mol. The maximum atomic E-state index is 2.54. The fourth-order valence-corrected chi connectivity index (χ4v) is 9.92. The van der Waals surface area contributed by atoms with Crippen molar-refractivity contribution < 1.29 is 0 Å². The van der Waals surface area contributed by atoms with Gasteiger partial charge in [0.25, 0.3) is 6.71 Å². The molecule has 0 saturated heterocycles. The average Bonchev–Trinajstić information content (AvgIpc) is 3.06. The largest absolute Gasteiger partial charge is 0.311 e. The molecule has 0 spiro atoms. The van der Waals surface area contributed by atoms with Crippen LogP contribution in [0.3, 0.4) is 0 Å². The highest BCUT2D eigenvalue weighted by molar-refractivity contribution is 7.02. The highest BCUT2D eigenvalue weighted by Gasteiger charge is 2.44. The van der Waals surface area contributed by atoms with E-state index in [1.54, 1.807) is 0 Å². The molecule has 0 amide bonds. The Labute approximate surface area is 275 Å². The first-order valence-electron chi connectivity index (χ1n) is 16.4. The van der Waals surface area contributed by atoms with Crippen LogP contribution in [0, 0.1) is 27.7 Å². The van der Waals surface area contributed by atoms with Crippen molar-refractivity contribution >= 4 is 75.7 Å². The number of rotatable bonds is 4. The standard InChI is InChI=1S/C42H39BN2Si/c1-28-12-18-32(19-13-28)44-38-22-16-30(3)24-36(38)43-37-25-31(4)17-23-39(37)45(33-20-14-29(2)15-21-33)41-27-35(26-40(44)42(41)43)46(5,6)34-10-8-7-9-11-34/h7-27H,1-6H3. The van der Waals surface area contributed by atoms with Crippen LogP contribution >= 0.6 is 0 Å². The molecule has 2 nitrogen and oxygen atoms in total. The van der Waals surface area contributed by atoms with E-state index in [1.807, 2.05) is 0 Å². The Hall–Kier alpha value is -4.80. The van der Waals surface area contributed by atoms with Crippen molar-refractivity contribution in [3.8, 4) is 0 Å². The summed E-state index contributed by atoms with van der Waals surface area (Å²) in [5.74, 6) is 0. The molecule has 4 heteroatoms. The number of hydrogen-bond donors (Lipinski definition) is 0. The molecule has 2 heterocycles. The van der Waals surface area contributed by atoms with Crippen LogP contribution in [0.5, 0.6) is 0 Å². The van der Waals surface area contributed by atoms with Crippen molar-refractivity contribution in [1.82, 2.24) is 0 Å². The van der Waals surface area contributed by atoms with Gasteiger partial charge in [-0.2, -0.15) is 0 Å².